The highest BCUT2D eigenvalue weighted by Gasteiger charge is 2.23. The molecule has 1 unspecified atom stereocenters. The summed E-state index contributed by atoms with van der Waals surface area (Å²) in [6.07, 6.45) is -0.428. The Bertz CT molecular complexity index is 536. The molecule has 22 heavy (non-hydrogen) atoms. The van der Waals surface area contributed by atoms with Crippen molar-refractivity contribution in [3.8, 4) is 5.75 Å². The standard InChI is InChI=1S/C16H23NO5/c1-11(17(5)15(20)22-16(2,3)4)10-21-13-8-6-7-12(9-13)14(18)19/h6-9,11H,10H2,1-5H3,(H,18,19). The highest BCUT2D eigenvalue weighted by atomic mass is 16.6. The molecule has 1 atom stereocenters. The number of amides is 1. The topological polar surface area (TPSA) is 76.1 Å². The first-order valence-corrected chi connectivity index (χ1v) is 7.02. The van der Waals surface area contributed by atoms with E-state index < -0.39 is 17.7 Å². The number of hydrogen-bond donors (Lipinski definition) is 1. The van der Waals surface area contributed by atoms with Gasteiger partial charge < -0.3 is 19.5 Å². The Balaban J connectivity index is 2.58. The van der Waals surface area contributed by atoms with Crippen molar-refractivity contribution in [3.63, 3.8) is 0 Å². The number of ether oxygens (including phenoxy) is 2. The molecule has 0 aliphatic heterocycles. The molecule has 122 valence electrons. The second-order valence-electron chi connectivity index (χ2n) is 6.08. The van der Waals surface area contributed by atoms with Gasteiger partial charge in [0.15, 0.2) is 0 Å². The first-order valence-electron chi connectivity index (χ1n) is 7.02. The molecule has 6 heteroatoms. The van der Waals surface area contributed by atoms with Crippen molar-refractivity contribution < 1.29 is 24.2 Å². The summed E-state index contributed by atoms with van der Waals surface area (Å²) in [7, 11) is 1.63. The molecule has 1 rings (SSSR count). The van der Waals surface area contributed by atoms with Gasteiger partial charge in [-0.3, -0.25) is 0 Å². The molecule has 0 heterocycles. The quantitative estimate of drug-likeness (QED) is 0.904. The lowest BCUT2D eigenvalue weighted by Gasteiger charge is -2.28. The van der Waals surface area contributed by atoms with Crippen LogP contribution in [-0.2, 0) is 4.74 Å². The predicted molar refractivity (Wildman–Crippen MR) is 82.4 cm³/mol. The van der Waals surface area contributed by atoms with Crippen molar-refractivity contribution in [2.45, 2.75) is 39.3 Å². The molecule has 1 aromatic carbocycles. The zero-order valence-corrected chi connectivity index (χ0v) is 13.6. The summed E-state index contributed by atoms with van der Waals surface area (Å²) in [4.78, 5) is 24.3. The molecular weight excluding hydrogens is 286 g/mol. The van der Waals surface area contributed by atoms with Gasteiger partial charge in [0, 0.05) is 7.05 Å². The Morgan fingerprint density at radius 1 is 1.32 bits per heavy atom. The number of carbonyl (C=O) groups excluding carboxylic acids is 1. The number of carbonyl (C=O) groups is 2. The fourth-order valence-electron chi connectivity index (χ4n) is 1.56. The summed E-state index contributed by atoms with van der Waals surface area (Å²) >= 11 is 0. The van der Waals surface area contributed by atoms with Gasteiger partial charge in [0.05, 0.1) is 11.6 Å². The van der Waals surface area contributed by atoms with Crippen molar-refractivity contribution in [1.29, 1.82) is 0 Å². The zero-order valence-electron chi connectivity index (χ0n) is 13.6. The third-order valence-electron chi connectivity index (χ3n) is 2.91. The Kier molecular flexibility index (Phi) is 5.79. The van der Waals surface area contributed by atoms with E-state index in [0.717, 1.165) is 0 Å². The molecule has 0 radical (unpaired) electrons. The highest BCUT2D eigenvalue weighted by Crippen LogP contribution is 2.15. The molecule has 0 aromatic heterocycles. The Morgan fingerprint density at radius 3 is 2.50 bits per heavy atom. The van der Waals surface area contributed by atoms with E-state index in [1.165, 1.54) is 17.0 Å². The lowest BCUT2D eigenvalue weighted by atomic mass is 10.2. The van der Waals surface area contributed by atoms with Gasteiger partial charge in [-0.15, -0.1) is 0 Å². The minimum atomic E-state index is -1.01. The lowest BCUT2D eigenvalue weighted by Crippen LogP contribution is -2.42. The van der Waals surface area contributed by atoms with Gasteiger partial charge in [-0.2, -0.15) is 0 Å². The van der Waals surface area contributed by atoms with Gasteiger partial charge in [-0.05, 0) is 45.9 Å². The van der Waals surface area contributed by atoms with Crippen LogP contribution in [0.15, 0.2) is 24.3 Å². The number of carboxylic acid groups (broad SMARTS) is 1. The summed E-state index contributed by atoms with van der Waals surface area (Å²) in [5.41, 5.74) is -0.396. The zero-order chi connectivity index (χ0) is 16.9. The van der Waals surface area contributed by atoms with Crippen LogP contribution < -0.4 is 4.74 Å². The van der Waals surface area contributed by atoms with E-state index >= 15 is 0 Å². The highest BCUT2D eigenvalue weighted by molar-refractivity contribution is 5.88. The lowest BCUT2D eigenvalue weighted by molar-refractivity contribution is 0.0195. The number of benzene rings is 1. The molecule has 0 aliphatic carbocycles. The van der Waals surface area contributed by atoms with Crippen LogP contribution >= 0.6 is 0 Å². The van der Waals surface area contributed by atoms with E-state index in [-0.39, 0.29) is 18.2 Å². The third kappa shape index (κ3) is 5.63. The van der Waals surface area contributed by atoms with E-state index in [9.17, 15) is 9.59 Å². The Labute approximate surface area is 130 Å². The summed E-state index contributed by atoms with van der Waals surface area (Å²) in [6.45, 7) is 7.47. The van der Waals surface area contributed by atoms with Crippen molar-refractivity contribution in [2.24, 2.45) is 0 Å². The minimum absolute atomic E-state index is 0.158. The van der Waals surface area contributed by atoms with Crippen LogP contribution in [0, 0.1) is 0 Å². The van der Waals surface area contributed by atoms with Crippen LogP contribution in [0.1, 0.15) is 38.1 Å². The van der Waals surface area contributed by atoms with Crippen LogP contribution in [0.2, 0.25) is 0 Å². The van der Waals surface area contributed by atoms with Crippen LogP contribution in [0.5, 0.6) is 5.75 Å². The van der Waals surface area contributed by atoms with Gasteiger partial charge >= 0.3 is 12.1 Å². The summed E-state index contributed by atoms with van der Waals surface area (Å²) < 4.78 is 10.8. The third-order valence-corrected chi connectivity index (χ3v) is 2.91. The molecule has 0 saturated carbocycles. The van der Waals surface area contributed by atoms with Gasteiger partial charge in [-0.25, -0.2) is 9.59 Å². The molecule has 0 fully saturated rings. The average molecular weight is 309 g/mol. The number of likely N-dealkylation sites (N-methyl/N-ethyl adjacent to an activating group) is 1. The maximum absolute atomic E-state index is 11.9. The van der Waals surface area contributed by atoms with Gasteiger partial charge in [0.2, 0.25) is 0 Å². The SMILES string of the molecule is CC(COc1cccc(C(=O)O)c1)N(C)C(=O)OC(C)(C)C. The molecule has 1 aromatic rings. The molecule has 0 bridgehead atoms. The van der Waals surface area contributed by atoms with E-state index in [1.807, 2.05) is 6.92 Å². The first kappa shape index (κ1) is 17.8. The van der Waals surface area contributed by atoms with Crippen LogP contribution in [0.3, 0.4) is 0 Å². The van der Waals surface area contributed by atoms with E-state index in [1.54, 1.807) is 40.0 Å². The number of carboxylic acids is 1. The summed E-state index contributed by atoms with van der Waals surface area (Å²) in [6, 6.07) is 6.00. The van der Waals surface area contributed by atoms with Crippen molar-refractivity contribution in [1.82, 2.24) is 4.90 Å². The maximum Gasteiger partial charge on any atom is 0.410 e. The second kappa shape index (κ2) is 7.15. The van der Waals surface area contributed by atoms with Gasteiger partial charge in [0.1, 0.15) is 18.0 Å². The number of aromatic carboxylic acids is 1. The summed E-state index contributed by atoms with van der Waals surface area (Å²) in [5, 5.41) is 8.93. The van der Waals surface area contributed by atoms with Crippen LogP contribution in [-0.4, -0.2) is 47.4 Å². The Morgan fingerprint density at radius 2 is 1.95 bits per heavy atom. The van der Waals surface area contributed by atoms with Crippen molar-refractivity contribution in [2.75, 3.05) is 13.7 Å². The van der Waals surface area contributed by atoms with E-state index in [4.69, 9.17) is 14.6 Å². The predicted octanol–water partition coefficient (Wildman–Crippen LogP) is 3.02. The normalized spacial score (nSPS) is 12.4. The first-order chi connectivity index (χ1) is 10.1. The fourth-order valence-corrected chi connectivity index (χ4v) is 1.56. The maximum atomic E-state index is 11.9. The van der Waals surface area contributed by atoms with Crippen LogP contribution in [0.4, 0.5) is 4.79 Å². The van der Waals surface area contributed by atoms with Crippen molar-refractivity contribution in [3.05, 3.63) is 29.8 Å². The largest absolute Gasteiger partial charge is 0.491 e. The second-order valence-corrected chi connectivity index (χ2v) is 6.08. The van der Waals surface area contributed by atoms with Crippen LogP contribution in [0.25, 0.3) is 0 Å². The molecule has 6 nitrogen and oxygen atoms in total. The molecule has 0 spiro atoms. The van der Waals surface area contributed by atoms with Crippen molar-refractivity contribution >= 4 is 12.1 Å². The minimum Gasteiger partial charge on any atom is -0.491 e. The molecule has 0 saturated heterocycles. The number of nitrogens with zero attached hydrogens (tertiary/aromatic N) is 1. The summed E-state index contributed by atoms with van der Waals surface area (Å²) in [5.74, 6) is -0.561. The van der Waals surface area contributed by atoms with E-state index in [2.05, 4.69) is 0 Å². The molecule has 0 aliphatic rings. The number of rotatable bonds is 5. The van der Waals surface area contributed by atoms with E-state index in [0.29, 0.717) is 5.75 Å². The Hall–Kier alpha value is -2.24. The van der Waals surface area contributed by atoms with Gasteiger partial charge in [0.25, 0.3) is 0 Å². The monoisotopic (exact) mass is 309 g/mol. The van der Waals surface area contributed by atoms with Gasteiger partial charge in [-0.1, -0.05) is 6.07 Å². The number of hydrogen-bond acceptors (Lipinski definition) is 4. The average Bonchev–Trinajstić information content (AvgIpc) is 2.42. The molecule has 1 amide bonds. The smallest absolute Gasteiger partial charge is 0.410 e. The fraction of sp³-hybridized carbons (Fsp3) is 0.500. The molecular formula is C16H23NO5. The molecule has 1 N–H and O–H groups in total.